The van der Waals surface area contributed by atoms with Gasteiger partial charge in [-0.1, -0.05) is 20.8 Å². The number of nitrogens with zero attached hydrogens (tertiary/aromatic N) is 2. The first kappa shape index (κ1) is 18.4. The van der Waals surface area contributed by atoms with E-state index in [1.165, 1.54) is 0 Å². The third-order valence-corrected chi connectivity index (χ3v) is 5.20. The largest absolute Gasteiger partial charge is 0.339 e. The Morgan fingerprint density at radius 1 is 1.19 bits per heavy atom. The average molecular weight is 319 g/mol. The summed E-state index contributed by atoms with van der Waals surface area (Å²) in [6.45, 7) is 8.82. The van der Waals surface area contributed by atoms with Gasteiger partial charge in [-0.15, -0.1) is 0 Å². The van der Waals surface area contributed by atoms with Crippen molar-refractivity contribution >= 4 is 15.9 Å². The van der Waals surface area contributed by atoms with Crippen molar-refractivity contribution < 1.29 is 13.2 Å². The summed E-state index contributed by atoms with van der Waals surface area (Å²) in [7, 11) is -1.35. The predicted molar refractivity (Wildman–Crippen MR) is 84.5 cm³/mol. The Labute approximate surface area is 128 Å². The highest BCUT2D eigenvalue weighted by atomic mass is 32.2. The maximum atomic E-state index is 12.6. The minimum Gasteiger partial charge on any atom is -0.339 e. The number of nitrogens with one attached hydrogen (secondary N) is 1. The standard InChI is InChI=1S/C14H29N3O3S/c1-5-10-21(19,20)15-13(11-12(2)3)14(18)17-8-6-16(4)7-9-17/h12-13,15H,5-11H2,1-4H3/t13-/m0/s1. The van der Waals surface area contributed by atoms with Crippen molar-refractivity contribution in [2.75, 3.05) is 39.0 Å². The third kappa shape index (κ3) is 6.32. The molecule has 0 aromatic rings. The first-order chi connectivity index (χ1) is 9.75. The Hall–Kier alpha value is -0.660. The van der Waals surface area contributed by atoms with Gasteiger partial charge in [0.25, 0.3) is 0 Å². The SMILES string of the molecule is CCCS(=O)(=O)N[C@@H](CC(C)C)C(=O)N1CCN(C)CC1. The highest BCUT2D eigenvalue weighted by Crippen LogP contribution is 2.11. The van der Waals surface area contributed by atoms with Crippen molar-refractivity contribution in [1.29, 1.82) is 0 Å². The Kier molecular flexibility index (Phi) is 7.09. The second-order valence-electron chi connectivity index (χ2n) is 6.25. The monoisotopic (exact) mass is 319 g/mol. The first-order valence-corrected chi connectivity index (χ1v) is 9.37. The molecule has 21 heavy (non-hydrogen) atoms. The molecule has 0 aliphatic carbocycles. The molecule has 0 unspecified atom stereocenters. The molecule has 0 radical (unpaired) electrons. The molecule has 1 aliphatic rings. The zero-order valence-electron chi connectivity index (χ0n) is 13.6. The van der Waals surface area contributed by atoms with E-state index in [-0.39, 0.29) is 17.6 Å². The Bertz CT molecular complexity index is 429. The molecule has 6 nitrogen and oxygen atoms in total. The van der Waals surface area contributed by atoms with E-state index in [9.17, 15) is 13.2 Å². The molecular weight excluding hydrogens is 290 g/mol. The fraction of sp³-hybridized carbons (Fsp3) is 0.929. The third-order valence-electron chi connectivity index (χ3n) is 3.61. The molecule has 1 heterocycles. The number of likely N-dealkylation sites (N-methyl/N-ethyl adjacent to an activating group) is 1. The molecule has 1 amide bonds. The molecule has 1 saturated heterocycles. The zero-order chi connectivity index (χ0) is 16.0. The van der Waals surface area contributed by atoms with Crippen LogP contribution < -0.4 is 4.72 Å². The van der Waals surface area contributed by atoms with Crippen LogP contribution in [-0.2, 0) is 14.8 Å². The molecule has 0 aromatic heterocycles. The summed E-state index contributed by atoms with van der Waals surface area (Å²) in [6, 6.07) is -0.634. The summed E-state index contributed by atoms with van der Waals surface area (Å²) in [5, 5.41) is 0. The van der Waals surface area contributed by atoms with Crippen molar-refractivity contribution in [3.8, 4) is 0 Å². The van der Waals surface area contributed by atoms with Gasteiger partial charge in [-0.3, -0.25) is 4.79 Å². The zero-order valence-corrected chi connectivity index (χ0v) is 14.4. The molecule has 1 N–H and O–H groups in total. The van der Waals surface area contributed by atoms with Gasteiger partial charge < -0.3 is 9.80 Å². The predicted octanol–water partition coefficient (Wildman–Crippen LogP) is 0.505. The van der Waals surface area contributed by atoms with E-state index >= 15 is 0 Å². The molecule has 1 atom stereocenters. The van der Waals surface area contributed by atoms with E-state index in [1.807, 2.05) is 27.8 Å². The van der Waals surface area contributed by atoms with Crippen LogP contribution in [0.25, 0.3) is 0 Å². The van der Waals surface area contributed by atoms with Crippen molar-refractivity contribution in [2.45, 2.75) is 39.7 Å². The van der Waals surface area contributed by atoms with Crippen LogP contribution in [0.5, 0.6) is 0 Å². The van der Waals surface area contributed by atoms with E-state index in [4.69, 9.17) is 0 Å². The lowest BCUT2D eigenvalue weighted by molar-refractivity contribution is -0.135. The second kappa shape index (κ2) is 8.10. The molecule has 1 fully saturated rings. The smallest absolute Gasteiger partial charge is 0.240 e. The molecule has 0 bridgehead atoms. The molecule has 1 aliphatic heterocycles. The summed E-state index contributed by atoms with van der Waals surface area (Å²) in [5.74, 6) is 0.240. The number of hydrogen-bond donors (Lipinski definition) is 1. The van der Waals surface area contributed by atoms with Crippen LogP contribution in [0.1, 0.15) is 33.6 Å². The van der Waals surface area contributed by atoms with Crippen molar-refractivity contribution in [1.82, 2.24) is 14.5 Å². The van der Waals surface area contributed by atoms with Gasteiger partial charge in [-0.2, -0.15) is 0 Å². The number of hydrogen-bond acceptors (Lipinski definition) is 4. The van der Waals surface area contributed by atoms with Crippen LogP contribution in [0.3, 0.4) is 0 Å². The topological polar surface area (TPSA) is 69.7 Å². The molecule has 124 valence electrons. The van der Waals surface area contributed by atoms with Crippen molar-refractivity contribution in [3.63, 3.8) is 0 Å². The first-order valence-electron chi connectivity index (χ1n) is 7.72. The van der Waals surface area contributed by atoms with Crippen LogP contribution in [0.15, 0.2) is 0 Å². The highest BCUT2D eigenvalue weighted by Gasteiger charge is 2.30. The van der Waals surface area contributed by atoms with Crippen LogP contribution in [0, 0.1) is 5.92 Å². The van der Waals surface area contributed by atoms with E-state index in [0.717, 1.165) is 13.1 Å². The summed E-state index contributed by atoms with van der Waals surface area (Å²) >= 11 is 0. The van der Waals surface area contributed by atoms with E-state index in [1.54, 1.807) is 4.90 Å². The second-order valence-corrected chi connectivity index (χ2v) is 8.12. The van der Waals surface area contributed by atoms with Gasteiger partial charge in [-0.05, 0) is 25.8 Å². The van der Waals surface area contributed by atoms with Crippen molar-refractivity contribution in [2.24, 2.45) is 5.92 Å². The van der Waals surface area contributed by atoms with E-state index < -0.39 is 16.1 Å². The lowest BCUT2D eigenvalue weighted by atomic mass is 10.0. The normalized spacial score (nSPS) is 19.0. The molecule has 0 spiro atoms. The minimum atomic E-state index is -3.38. The lowest BCUT2D eigenvalue weighted by Crippen LogP contribution is -2.54. The number of carbonyl (C=O) groups is 1. The van der Waals surface area contributed by atoms with E-state index in [2.05, 4.69) is 9.62 Å². The number of rotatable bonds is 7. The summed E-state index contributed by atoms with van der Waals surface area (Å²) in [4.78, 5) is 16.6. The number of amides is 1. The molecule has 0 aromatic carbocycles. The Morgan fingerprint density at radius 3 is 2.24 bits per heavy atom. The maximum absolute atomic E-state index is 12.6. The van der Waals surface area contributed by atoms with Gasteiger partial charge in [0.05, 0.1) is 5.75 Å². The maximum Gasteiger partial charge on any atom is 0.240 e. The van der Waals surface area contributed by atoms with Crippen LogP contribution in [0.4, 0.5) is 0 Å². The van der Waals surface area contributed by atoms with Crippen LogP contribution in [-0.4, -0.2) is 69.1 Å². The Balaban J connectivity index is 2.74. The number of sulfonamides is 1. The average Bonchev–Trinajstić information content (AvgIpc) is 2.37. The summed E-state index contributed by atoms with van der Waals surface area (Å²) in [6.07, 6.45) is 1.08. The quantitative estimate of drug-likeness (QED) is 0.742. The molecule has 7 heteroatoms. The number of piperazine rings is 1. The van der Waals surface area contributed by atoms with Gasteiger partial charge in [0.15, 0.2) is 0 Å². The molecular formula is C14H29N3O3S. The van der Waals surface area contributed by atoms with Gasteiger partial charge in [0.2, 0.25) is 15.9 Å². The minimum absolute atomic E-state index is 0.0671. The van der Waals surface area contributed by atoms with Gasteiger partial charge in [0.1, 0.15) is 6.04 Å². The number of carbonyl (C=O) groups excluding carboxylic acids is 1. The Morgan fingerprint density at radius 2 is 1.76 bits per heavy atom. The van der Waals surface area contributed by atoms with Crippen molar-refractivity contribution in [3.05, 3.63) is 0 Å². The fourth-order valence-electron chi connectivity index (χ4n) is 2.46. The van der Waals surface area contributed by atoms with Gasteiger partial charge in [0, 0.05) is 26.2 Å². The van der Waals surface area contributed by atoms with Gasteiger partial charge in [-0.25, -0.2) is 13.1 Å². The summed E-state index contributed by atoms with van der Waals surface area (Å²) < 4.78 is 26.5. The fourth-order valence-corrected chi connectivity index (χ4v) is 3.75. The highest BCUT2D eigenvalue weighted by molar-refractivity contribution is 7.89. The van der Waals surface area contributed by atoms with Crippen LogP contribution >= 0.6 is 0 Å². The van der Waals surface area contributed by atoms with Gasteiger partial charge >= 0.3 is 0 Å². The molecule has 1 rings (SSSR count). The molecule has 0 saturated carbocycles. The lowest BCUT2D eigenvalue weighted by Gasteiger charge is -2.35. The van der Waals surface area contributed by atoms with Crippen LogP contribution in [0.2, 0.25) is 0 Å². The summed E-state index contributed by atoms with van der Waals surface area (Å²) in [5.41, 5.74) is 0. The van der Waals surface area contributed by atoms with E-state index in [0.29, 0.717) is 25.9 Å².